The van der Waals surface area contributed by atoms with Crippen LogP contribution < -0.4 is 10.1 Å². The fourth-order valence-corrected chi connectivity index (χ4v) is 2.94. The first kappa shape index (κ1) is 15.5. The molecule has 0 radical (unpaired) electrons. The number of nitrogens with zero attached hydrogens (tertiary/aromatic N) is 1. The van der Waals surface area contributed by atoms with Crippen LogP contribution in [0.4, 0.5) is 0 Å². The molecular weight excluding hydrogens is 336 g/mol. The molecule has 1 N–H and O–H groups in total. The van der Waals surface area contributed by atoms with Crippen molar-refractivity contribution in [3.8, 4) is 5.75 Å². The molecule has 0 atom stereocenters. The third kappa shape index (κ3) is 5.23. The lowest BCUT2D eigenvalue weighted by Crippen LogP contribution is -2.35. The minimum atomic E-state index is 0.101. The predicted octanol–water partition coefficient (Wildman–Crippen LogP) is 4.37. The molecule has 2 aromatic heterocycles. The van der Waals surface area contributed by atoms with E-state index in [2.05, 4.69) is 53.1 Å². The summed E-state index contributed by atoms with van der Waals surface area (Å²) in [5.41, 5.74) is 1.12. The van der Waals surface area contributed by atoms with Crippen molar-refractivity contribution in [1.29, 1.82) is 0 Å². The molecule has 0 spiro atoms. The van der Waals surface area contributed by atoms with Crippen molar-refractivity contribution in [3.63, 3.8) is 0 Å². The van der Waals surface area contributed by atoms with Gasteiger partial charge in [-0.1, -0.05) is 0 Å². The van der Waals surface area contributed by atoms with Crippen LogP contribution in [0.2, 0.25) is 0 Å². The first-order valence-electron chi connectivity index (χ1n) is 6.49. The quantitative estimate of drug-likeness (QED) is 0.865. The molecule has 0 bridgehead atoms. The zero-order valence-electron chi connectivity index (χ0n) is 11.9. The maximum absolute atomic E-state index is 5.71. The summed E-state index contributed by atoms with van der Waals surface area (Å²) in [6.07, 6.45) is 1.78. The van der Waals surface area contributed by atoms with Gasteiger partial charge in [0, 0.05) is 17.0 Å². The zero-order valence-corrected chi connectivity index (χ0v) is 14.3. The lowest BCUT2D eigenvalue weighted by atomic mass is 10.1. The molecule has 2 aromatic rings. The van der Waals surface area contributed by atoms with E-state index in [1.807, 2.05) is 18.2 Å². The Bertz CT molecular complexity index is 546. The predicted molar refractivity (Wildman–Crippen MR) is 87.2 cm³/mol. The van der Waals surface area contributed by atoms with Crippen molar-refractivity contribution in [2.75, 3.05) is 0 Å². The second kappa shape index (κ2) is 6.70. The number of halogens is 1. The number of nitrogens with one attached hydrogen (secondary N) is 1. The fourth-order valence-electron chi connectivity index (χ4n) is 1.54. The number of hydrogen-bond acceptors (Lipinski definition) is 4. The number of pyridine rings is 1. The van der Waals surface area contributed by atoms with Gasteiger partial charge in [-0.2, -0.15) is 0 Å². The molecule has 2 rings (SSSR count). The molecule has 2 heterocycles. The van der Waals surface area contributed by atoms with Crippen LogP contribution in [0.15, 0.2) is 34.2 Å². The Labute approximate surface area is 132 Å². The minimum absolute atomic E-state index is 0.101. The average Bonchev–Trinajstić information content (AvgIpc) is 2.80. The molecule has 5 heteroatoms. The Morgan fingerprint density at radius 2 is 2.05 bits per heavy atom. The molecule has 0 saturated carbocycles. The summed E-state index contributed by atoms with van der Waals surface area (Å²) in [6, 6.07) is 8.06. The van der Waals surface area contributed by atoms with Gasteiger partial charge in [0.15, 0.2) is 0 Å². The van der Waals surface area contributed by atoms with E-state index in [0.29, 0.717) is 6.61 Å². The van der Waals surface area contributed by atoms with Gasteiger partial charge in [-0.05, 0) is 61.0 Å². The molecule has 0 aromatic carbocycles. The van der Waals surface area contributed by atoms with Gasteiger partial charge in [-0.15, -0.1) is 11.3 Å². The Morgan fingerprint density at radius 3 is 2.60 bits per heavy atom. The first-order chi connectivity index (χ1) is 9.42. The van der Waals surface area contributed by atoms with Gasteiger partial charge in [-0.25, -0.2) is 0 Å². The lowest BCUT2D eigenvalue weighted by molar-refractivity contribution is 0.308. The molecular formula is C15H19BrN2OS. The lowest BCUT2D eigenvalue weighted by Gasteiger charge is -2.20. The topological polar surface area (TPSA) is 34.1 Å². The summed E-state index contributed by atoms with van der Waals surface area (Å²) in [6.45, 7) is 7.77. The second-order valence-electron chi connectivity index (χ2n) is 5.58. The van der Waals surface area contributed by atoms with Crippen LogP contribution in [0.5, 0.6) is 5.75 Å². The number of rotatable bonds is 5. The van der Waals surface area contributed by atoms with Gasteiger partial charge in [0.2, 0.25) is 0 Å². The summed E-state index contributed by atoms with van der Waals surface area (Å²) < 4.78 is 6.84. The van der Waals surface area contributed by atoms with Crippen LogP contribution in [0.25, 0.3) is 0 Å². The Morgan fingerprint density at radius 1 is 1.25 bits per heavy atom. The highest BCUT2D eigenvalue weighted by Crippen LogP contribution is 2.23. The Balaban J connectivity index is 1.85. The van der Waals surface area contributed by atoms with E-state index in [0.717, 1.165) is 21.8 Å². The molecule has 0 aliphatic rings. The molecule has 0 saturated heterocycles. The van der Waals surface area contributed by atoms with E-state index < -0.39 is 0 Å². The third-order valence-corrected chi connectivity index (χ3v) is 4.20. The zero-order chi connectivity index (χ0) is 14.6. The summed E-state index contributed by atoms with van der Waals surface area (Å²) in [5.74, 6) is 0.800. The summed E-state index contributed by atoms with van der Waals surface area (Å²) in [4.78, 5) is 5.60. The van der Waals surface area contributed by atoms with Gasteiger partial charge in [0.05, 0.1) is 15.7 Å². The third-order valence-electron chi connectivity index (χ3n) is 2.61. The highest BCUT2D eigenvalue weighted by atomic mass is 79.9. The summed E-state index contributed by atoms with van der Waals surface area (Å²) in [5, 5.41) is 3.41. The van der Waals surface area contributed by atoms with E-state index in [-0.39, 0.29) is 5.54 Å². The van der Waals surface area contributed by atoms with Crippen molar-refractivity contribution in [1.82, 2.24) is 10.3 Å². The fraction of sp³-hybridized carbons (Fsp3) is 0.400. The van der Waals surface area contributed by atoms with Crippen LogP contribution in [0.3, 0.4) is 0 Å². The maximum atomic E-state index is 5.71. The van der Waals surface area contributed by atoms with Crippen molar-refractivity contribution in [2.45, 2.75) is 39.5 Å². The molecule has 0 aliphatic heterocycles. The van der Waals surface area contributed by atoms with Gasteiger partial charge in [0.25, 0.3) is 0 Å². The second-order valence-corrected chi connectivity index (χ2v) is 8.13. The van der Waals surface area contributed by atoms with E-state index >= 15 is 0 Å². The van der Waals surface area contributed by atoms with Crippen LogP contribution in [-0.2, 0) is 13.2 Å². The van der Waals surface area contributed by atoms with Gasteiger partial charge in [0.1, 0.15) is 12.4 Å². The van der Waals surface area contributed by atoms with Crippen molar-refractivity contribution >= 4 is 27.3 Å². The maximum Gasteiger partial charge on any atom is 0.138 e. The van der Waals surface area contributed by atoms with E-state index in [1.165, 1.54) is 4.88 Å². The minimum Gasteiger partial charge on any atom is -0.486 e. The monoisotopic (exact) mass is 354 g/mol. The van der Waals surface area contributed by atoms with Crippen LogP contribution in [0.1, 0.15) is 31.3 Å². The smallest absolute Gasteiger partial charge is 0.138 e. The molecule has 0 fully saturated rings. The Kier molecular flexibility index (Phi) is 5.18. The van der Waals surface area contributed by atoms with Crippen molar-refractivity contribution in [3.05, 3.63) is 44.8 Å². The SMILES string of the molecule is CC(C)(C)NCc1ccc(OCc2ccc(Br)s2)cn1. The average molecular weight is 355 g/mol. The molecule has 108 valence electrons. The van der Waals surface area contributed by atoms with Gasteiger partial charge in [-0.3, -0.25) is 4.98 Å². The van der Waals surface area contributed by atoms with Gasteiger partial charge < -0.3 is 10.1 Å². The number of thiophene rings is 1. The number of hydrogen-bond donors (Lipinski definition) is 1. The largest absolute Gasteiger partial charge is 0.486 e. The van der Waals surface area contributed by atoms with Crippen LogP contribution >= 0.6 is 27.3 Å². The molecule has 0 unspecified atom stereocenters. The number of ether oxygens (including phenoxy) is 1. The summed E-state index contributed by atoms with van der Waals surface area (Å²) in [7, 11) is 0. The number of aromatic nitrogens is 1. The molecule has 20 heavy (non-hydrogen) atoms. The van der Waals surface area contributed by atoms with E-state index in [4.69, 9.17) is 4.74 Å². The first-order valence-corrected chi connectivity index (χ1v) is 8.10. The molecule has 3 nitrogen and oxygen atoms in total. The van der Waals surface area contributed by atoms with Crippen LogP contribution in [-0.4, -0.2) is 10.5 Å². The standard InChI is InChI=1S/C15H19BrN2OS/c1-15(2,3)18-8-11-4-5-12(9-17-11)19-10-13-6-7-14(16)20-13/h4-7,9,18H,8,10H2,1-3H3. The normalized spacial score (nSPS) is 11.6. The van der Waals surface area contributed by atoms with E-state index in [1.54, 1.807) is 17.5 Å². The molecule has 0 amide bonds. The van der Waals surface area contributed by atoms with Crippen molar-refractivity contribution < 1.29 is 4.74 Å². The van der Waals surface area contributed by atoms with Gasteiger partial charge >= 0.3 is 0 Å². The van der Waals surface area contributed by atoms with Crippen LogP contribution in [0, 0.1) is 0 Å². The highest BCUT2D eigenvalue weighted by Gasteiger charge is 2.08. The van der Waals surface area contributed by atoms with Crippen molar-refractivity contribution in [2.24, 2.45) is 0 Å². The van der Waals surface area contributed by atoms with E-state index in [9.17, 15) is 0 Å². The highest BCUT2D eigenvalue weighted by molar-refractivity contribution is 9.11. The molecule has 0 aliphatic carbocycles. The summed E-state index contributed by atoms with van der Waals surface area (Å²) >= 11 is 5.13. The Hall–Kier alpha value is -0.910.